The van der Waals surface area contributed by atoms with Crippen LogP contribution in [0.2, 0.25) is 74.7 Å². The van der Waals surface area contributed by atoms with Crippen LogP contribution in [0.1, 0.15) is 20.8 Å². The molecule has 24 heavy (non-hydrogen) atoms. The van der Waals surface area contributed by atoms with Crippen molar-refractivity contribution in [1.29, 1.82) is 0 Å². The Kier molecular flexibility index (Phi) is 9.43. The number of rotatable bonds is 11. The normalized spacial score (nSPS) is 15.0. The van der Waals surface area contributed by atoms with E-state index in [1.54, 1.807) is 0 Å². The van der Waals surface area contributed by atoms with E-state index < -0.39 is 47.6 Å². The molecule has 146 valence electrons. The van der Waals surface area contributed by atoms with E-state index in [-0.39, 0.29) is 0 Å². The average Bonchev–Trinajstić information content (AvgIpc) is 2.29. The fourth-order valence-electron chi connectivity index (χ4n) is 2.48. The predicted octanol–water partition coefficient (Wildman–Crippen LogP) is 6.00. The monoisotopic (exact) mass is 472 g/mol. The Labute approximate surface area is 158 Å². The van der Waals surface area contributed by atoms with Gasteiger partial charge in [-0.05, 0) is 0 Å². The standard InChI is InChI=1S/C15H42GeO4Si4/c1-13-16(14-2,15-3)17-24(18-21(4,5)6,19-22(7,8)9)20-23(10,11)12/h13-15H2,1-12H3. The van der Waals surface area contributed by atoms with Crippen LogP contribution in [0.25, 0.3) is 0 Å². The van der Waals surface area contributed by atoms with Gasteiger partial charge >= 0.3 is 159 Å². The van der Waals surface area contributed by atoms with Crippen LogP contribution < -0.4 is 0 Å². The van der Waals surface area contributed by atoms with Crippen LogP contribution in [0.3, 0.4) is 0 Å². The third kappa shape index (κ3) is 9.81. The van der Waals surface area contributed by atoms with Gasteiger partial charge < -0.3 is 0 Å². The first kappa shape index (κ1) is 25.3. The fourth-order valence-corrected chi connectivity index (χ4v) is 26.1. The molecule has 0 aromatic heterocycles. The molecule has 0 aliphatic carbocycles. The Morgan fingerprint density at radius 2 is 0.792 bits per heavy atom. The second-order valence-corrected chi connectivity index (χ2v) is 36.5. The van der Waals surface area contributed by atoms with Crippen LogP contribution in [0, 0.1) is 0 Å². The molecule has 0 aliphatic heterocycles. The molecule has 0 aliphatic rings. The Morgan fingerprint density at radius 3 is 0.958 bits per heavy atom. The molecule has 0 radical (unpaired) electrons. The van der Waals surface area contributed by atoms with Gasteiger partial charge in [0.25, 0.3) is 0 Å². The third-order valence-electron chi connectivity index (χ3n) is 3.57. The van der Waals surface area contributed by atoms with E-state index in [0.717, 1.165) is 15.8 Å². The minimum atomic E-state index is -3.13. The summed E-state index contributed by atoms with van der Waals surface area (Å²) in [6.45, 7) is 26.7. The van der Waals surface area contributed by atoms with Gasteiger partial charge in [-0.15, -0.1) is 0 Å². The molecule has 0 unspecified atom stereocenters. The Balaban J connectivity index is 6.04. The van der Waals surface area contributed by atoms with E-state index in [9.17, 15) is 0 Å². The van der Waals surface area contributed by atoms with E-state index in [1.165, 1.54) is 0 Å². The van der Waals surface area contributed by atoms with Gasteiger partial charge in [-0.2, -0.15) is 0 Å². The van der Waals surface area contributed by atoms with Crippen LogP contribution in [-0.2, 0) is 15.8 Å². The van der Waals surface area contributed by atoms with Gasteiger partial charge in [0.05, 0.1) is 0 Å². The SMILES string of the molecule is C[CH2][Ge]([CH2]C)([CH2]C)[O][Si](O[Si](C)(C)C)(O[Si](C)(C)C)O[Si](C)(C)C. The van der Waals surface area contributed by atoms with Crippen molar-refractivity contribution in [2.45, 2.75) is 95.5 Å². The van der Waals surface area contributed by atoms with Crippen molar-refractivity contribution in [2.75, 3.05) is 0 Å². The van der Waals surface area contributed by atoms with E-state index in [0.29, 0.717) is 0 Å². The maximum atomic E-state index is 6.97. The van der Waals surface area contributed by atoms with E-state index in [2.05, 4.69) is 79.7 Å². The Hall–Kier alpha value is 1.25. The van der Waals surface area contributed by atoms with E-state index in [4.69, 9.17) is 15.8 Å². The quantitative estimate of drug-likeness (QED) is 0.347. The van der Waals surface area contributed by atoms with Crippen molar-refractivity contribution in [2.24, 2.45) is 0 Å². The van der Waals surface area contributed by atoms with Crippen molar-refractivity contribution in [1.82, 2.24) is 0 Å². The first-order valence-electron chi connectivity index (χ1n) is 9.31. The van der Waals surface area contributed by atoms with Crippen molar-refractivity contribution in [3.05, 3.63) is 0 Å². The topological polar surface area (TPSA) is 36.9 Å². The zero-order valence-corrected chi connectivity index (χ0v) is 24.4. The Morgan fingerprint density at radius 1 is 0.542 bits per heavy atom. The molecule has 0 rings (SSSR count). The molecule has 4 nitrogen and oxygen atoms in total. The first-order valence-corrected chi connectivity index (χ1v) is 26.5. The average molecular weight is 471 g/mol. The van der Waals surface area contributed by atoms with Crippen LogP contribution in [0.5, 0.6) is 0 Å². The number of hydrogen-bond donors (Lipinski definition) is 0. The van der Waals surface area contributed by atoms with Gasteiger partial charge in [0.1, 0.15) is 0 Å². The van der Waals surface area contributed by atoms with Gasteiger partial charge in [0, 0.05) is 0 Å². The second-order valence-electron chi connectivity index (χ2n) is 9.49. The van der Waals surface area contributed by atoms with Crippen molar-refractivity contribution in [3.63, 3.8) is 0 Å². The van der Waals surface area contributed by atoms with Crippen LogP contribution in [-0.4, -0.2) is 47.6 Å². The molecule has 9 heteroatoms. The molecule has 0 atom stereocenters. The maximum absolute atomic E-state index is 6.97. The summed E-state index contributed by atoms with van der Waals surface area (Å²) in [6, 6.07) is 0. The van der Waals surface area contributed by atoms with Gasteiger partial charge in [0.15, 0.2) is 0 Å². The molecule has 0 bridgehead atoms. The summed E-state index contributed by atoms with van der Waals surface area (Å²) in [5, 5.41) is 3.38. The zero-order chi connectivity index (χ0) is 19.4. The molecule has 0 spiro atoms. The summed E-state index contributed by atoms with van der Waals surface area (Å²) in [7, 11) is -8.74. The van der Waals surface area contributed by atoms with E-state index >= 15 is 0 Å². The Bertz CT molecular complexity index is 335. The van der Waals surface area contributed by atoms with Crippen LogP contribution >= 0.6 is 0 Å². The zero-order valence-electron chi connectivity index (χ0n) is 18.3. The van der Waals surface area contributed by atoms with Crippen LogP contribution in [0.4, 0.5) is 0 Å². The number of hydrogen-bond acceptors (Lipinski definition) is 4. The molecule has 0 saturated carbocycles. The molecule has 0 N–H and O–H groups in total. The molecule has 0 aromatic carbocycles. The molecule has 0 fully saturated rings. The molecule has 0 saturated heterocycles. The van der Waals surface area contributed by atoms with E-state index in [1.807, 2.05) is 0 Å². The molecule has 0 heterocycles. The van der Waals surface area contributed by atoms with Gasteiger partial charge in [-0.25, -0.2) is 0 Å². The van der Waals surface area contributed by atoms with Crippen LogP contribution in [0.15, 0.2) is 0 Å². The first-order chi connectivity index (χ1) is 10.5. The van der Waals surface area contributed by atoms with Crippen molar-refractivity contribution >= 4 is 47.6 Å². The summed E-state index contributed by atoms with van der Waals surface area (Å²) in [4.78, 5) is 0. The molecule has 0 aromatic rings. The van der Waals surface area contributed by atoms with Gasteiger partial charge in [-0.1, -0.05) is 0 Å². The summed E-state index contributed by atoms with van der Waals surface area (Å²) < 4.78 is 27.0. The second kappa shape index (κ2) is 8.96. The molecule has 0 amide bonds. The van der Waals surface area contributed by atoms with Crippen molar-refractivity contribution < 1.29 is 15.8 Å². The molecular weight excluding hydrogens is 429 g/mol. The summed E-state index contributed by atoms with van der Waals surface area (Å²) >= 11 is -2.48. The van der Waals surface area contributed by atoms with Crippen molar-refractivity contribution in [3.8, 4) is 0 Å². The molecular formula is C15H42GeO4Si4. The fraction of sp³-hybridized carbons (Fsp3) is 1.00. The summed E-state index contributed by atoms with van der Waals surface area (Å²) in [5.41, 5.74) is 0. The summed E-state index contributed by atoms with van der Waals surface area (Å²) in [6.07, 6.45) is 0. The van der Waals surface area contributed by atoms with Gasteiger partial charge in [0.2, 0.25) is 0 Å². The summed E-state index contributed by atoms with van der Waals surface area (Å²) in [5.74, 6) is 0. The predicted molar refractivity (Wildman–Crippen MR) is 117 cm³/mol. The minimum absolute atomic E-state index is 1.13. The van der Waals surface area contributed by atoms with Gasteiger partial charge in [-0.3, -0.25) is 0 Å². The third-order valence-corrected chi connectivity index (χ3v) is 27.0.